The normalized spacial score (nSPS) is 10.4. The monoisotopic (exact) mass is 289 g/mol. The maximum absolute atomic E-state index is 13.4. The van der Waals surface area contributed by atoms with Crippen LogP contribution in [0.2, 0.25) is 0 Å². The number of hydrogen-bond acceptors (Lipinski definition) is 5. The number of carbonyl (C=O) groups is 1. The van der Waals surface area contributed by atoms with Gasteiger partial charge in [-0.05, 0) is 12.1 Å². The molecular formula is C12H17F2N3O3. The number of ether oxygens (including phenoxy) is 2. The predicted molar refractivity (Wildman–Crippen MR) is 69.2 cm³/mol. The molecule has 1 aromatic rings. The molecule has 0 aromatic heterocycles. The number of carbonyl (C=O) groups excluding carboxylic acids is 1. The summed E-state index contributed by atoms with van der Waals surface area (Å²) in [6.07, 6.45) is 0. The van der Waals surface area contributed by atoms with E-state index in [9.17, 15) is 13.6 Å². The molecule has 0 heterocycles. The average Bonchev–Trinajstić information content (AvgIpc) is 2.42. The van der Waals surface area contributed by atoms with Gasteiger partial charge >= 0.3 is 0 Å². The second kappa shape index (κ2) is 8.41. The summed E-state index contributed by atoms with van der Waals surface area (Å²) in [5.41, 5.74) is 1.28. The minimum absolute atomic E-state index is 0.129. The number of nitrogens with two attached hydrogens (primary N) is 1. The van der Waals surface area contributed by atoms with E-state index in [0.717, 1.165) is 12.1 Å². The Bertz CT molecular complexity index is 435. The number of amides is 1. The van der Waals surface area contributed by atoms with E-state index >= 15 is 0 Å². The molecule has 1 amide bonds. The number of halogens is 2. The quantitative estimate of drug-likeness (QED) is 0.371. The van der Waals surface area contributed by atoms with Gasteiger partial charge in [-0.1, -0.05) is 0 Å². The second-order valence-electron chi connectivity index (χ2n) is 3.82. The highest BCUT2D eigenvalue weighted by molar-refractivity contribution is 5.94. The van der Waals surface area contributed by atoms with Gasteiger partial charge in [-0.2, -0.15) is 0 Å². The lowest BCUT2D eigenvalue weighted by molar-refractivity contribution is 0.0692. The Balaban J connectivity index is 2.48. The number of nitrogens with one attached hydrogen (secondary N) is 2. The molecule has 8 heteroatoms. The molecular weight excluding hydrogens is 272 g/mol. The van der Waals surface area contributed by atoms with Crippen molar-refractivity contribution in [2.45, 2.75) is 0 Å². The van der Waals surface area contributed by atoms with Crippen molar-refractivity contribution < 1.29 is 23.0 Å². The fourth-order valence-corrected chi connectivity index (χ4v) is 1.43. The first-order chi connectivity index (χ1) is 9.60. The highest BCUT2D eigenvalue weighted by Gasteiger charge is 2.14. The van der Waals surface area contributed by atoms with Crippen LogP contribution in [0.3, 0.4) is 0 Å². The minimum atomic E-state index is -0.936. The molecule has 1 aromatic carbocycles. The van der Waals surface area contributed by atoms with Crippen LogP contribution < -0.4 is 16.6 Å². The van der Waals surface area contributed by atoms with Crippen LogP contribution in [0.1, 0.15) is 10.4 Å². The molecule has 0 fully saturated rings. The summed E-state index contributed by atoms with van der Waals surface area (Å²) in [5.74, 6) is 2.49. The largest absolute Gasteiger partial charge is 0.382 e. The van der Waals surface area contributed by atoms with Gasteiger partial charge in [-0.25, -0.2) is 8.78 Å². The molecule has 20 heavy (non-hydrogen) atoms. The molecule has 0 spiro atoms. The van der Waals surface area contributed by atoms with Gasteiger partial charge < -0.3 is 20.2 Å². The van der Waals surface area contributed by atoms with Crippen molar-refractivity contribution >= 4 is 11.6 Å². The fourth-order valence-electron chi connectivity index (χ4n) is 1.43. The van der Waals surface area contributed by atoms with Crippen molar-refractivity contribution in [2.24, 2.45) is 5.84 Å². The van der Waals surface area contributed by atoms with E-state index in [4.69, 9.17) is 15.3 Å². The predicted octanol–water partition coefficient (Wildman–Crippen LogP) is 0.643. The summed E-state index contributed by atoms with van der Waals surface area (Å²) in [5, 5.41) is 2.48. The molecule has 0 aliphatic carbocycles. The topological polar surface area (TPSA) is 85.6 Å². The molecule has 0 saturated carbocycles. The summed E-state index contributed by atoms with van der Waals surface area (Å²) in [7, 11) is 1.55. The zero-order chi connectivity index (χ0) is 15.0. The van der Waals surface area contributed by atoms with Gasteiger partial charge in [-0.15, -0.1) is 0 Å². The molecule has 0 saturated heterocycles. The Morgan fingerprint density at radius 3 is 2.45 bits per heavy atom. The van der Waals surface area contributed by atoms with E-state index in [-0.39, 0.29) is 18.7 Å². The summed E-state index contributed by atoms with van der Waals surface area (Å²) in [6, 6.07) is 1.80. The van der Waals surface area contributed by atoms with Crippen molar-refractivity contribution in [2.75, 3.05) is 38.9 Å². The van der Waals surface area contributed by atoms with Gasteiger partial charge in [0.2, 0.25) is 0 Å². The van der Waals surface area contributed by atoms with E-state index < -0.39 is 23.2 Å². The molecule has 0 aliphatic heterocycles. The molecule has 4 N–H and O–H groups in total. The maximum Gasteiger partial charge on any atom is 0.251 e. The number of benzene rings is 1. The fraction of sp³-hybridized carbons (Fsp3) is 0.417. The van der Waals surface area contributed by atoms with Gasteiger partial charge in [0.1, 0.15) is 5.69 Å². The van der Waals surface area contributed by atoms with Crippen molar-refractivity contribution in [3.05, 3.63) is 29.3 Å². The molecule has 1 rings (SSSR count). The first-order valence-corrected chi connectivity index (χ1v) is 5.90. The number of nitrogen functional groups attached to an aromatic ring is 1. The average molecular weight is 289 g/mol. The number of rotatable bonds is 8. The number of hydrogen-bond donors (Lipinski definition) is 3. The molecule has 6 nitrogen and oxygen atoms in total. The third kappa shape index (κ3) is 4.72. The van der Waals surface area contributed by atoms with Gasteiger partial charge in [0, 0.05) is 19.2 Å². The zero-order valence-electron chi connectivity index (χ0n) is 11.0. The van der Waals surface area contributed by atoms with Crippen LogP contribution in [0.5, 0.6) is 0 Å². The van der Waals surface area contributed by atoms with E-state index in [2.05, 4.69) is 5.32 Å². The second-order valence-corrected chi connectivity index (χ2v) is 3.82. The van der Waals surface area contributed by atoms with E-state index in [1.165, 1.54) is 0 Å². The van der Waals surface area contributed by atoms with Crippen LogP contribution in [-0.4, -0.2) is 39.4 Å². The van der Waals surface area contributed by atoms with Crippen LogP contribution >= 0.6 is 0 Å². The first-order valence-electron chi connectivity index (χ1n) is 5.90. The summed E-state index contributed by atoms with van der Waals surface area (Å²) < 4.78 is 36.7. The van der Waals surface area contributed by atoms with E-state index in [0.29, 0.717) is 13.2 Å². The SMILES string of the molecule is COCCOCCNC(=O)c1cc(F)c(NN)c(F)c1. The van der Waals surface area contributed by atoms with E-state index in [1.54, 1.807) is 7.11 Å². The highest BCUT2D eigenvalue weighted by Crippen LogP contribution is 2.19. The minimum Gasteiger partial charge on any atom is -0.382 e. The highest BCUT2D eigenvalue weighted by atomic mass is 19.1. The lowest BCUT2D eigenvalue weighted by Crippen LogP contribution is -2.28. The van der Waals surface area contributed by atoms with Gasteiger partial charge in [0.05, 0.1) is 19.8 Å². The molecule has 112 valence electrons. The van der Waals surface area contributed by atoms with Gasteiger partial charge in [-0.3, -0.25) is 10.6 Å². The number of methoxy groups -OCH3 is 1. The summed E-state index contributed by atoms with van der Waals surface area (Å²) in [4.78, 5) is 11.7. The Hall–Kier alpha value is -1.77. The van der Waals surface area contributed by atoms with Crippen LogP contribution in [0.4, 0.5) is 14.5 Å². The number of hydrazine groups is 1. The number of anilines is 1. The smallest absolute Gasteiger partial charge is 0.251 e. The molecule has 0 unspecified atom stereocenters. The lowest BCUT2D eigenvalue weighted by Gasteiger charge is -2.08. The summed E-state index contributed by atoms with van der Waals surface area (Å²) >= 11 is 0. The Morgan fingerprint density at radius 2 is 1.90 bits per heavy atom. The maximum atomic E-state index is 13.4. The molecule has 0 radical (unpaired) electrons. The standard InChI is InChI=1S/C12H17F2N3O3/c1-19-4-5-20-3-2-16-12(18)8-6-9(13)11(17-15)10(14)7-8/h6-7,17H,2-5,15H2,1H3,(H,16,18). The first kappa shape index (κ1) is 16.3. The van der Waals surface area contributed by atoms with Crippen LogP contribution in [0.15, 0.2) is 12.1 Å². The van der Waals surface area contributed by atoms with Crippen molar-refractivity contribution in [3.63, 3.8) is 0 Å². The van der Waals surface area contributed by atoms with Gasteiger partial charge in [0.15, 0.2) is 11.6 Å². The Kier molecular flexibility index (Phi) is 6.85. The Labute approximate surface area is 115 Å². The Morgan fingerprint density at radius 1 is 1.25 bits per heavy atom. The molecule has 0 aliphatic rings. The zero-order valence-corrected chi connectivity index (χ0v) is 11.0. The van der Waals surface area contributed by atoms with Crippen molar-refractivity contribution in [3.8, 4) is 0 Å². The summed E-state index contributed by atoms with van der Waals surface area (Å²) in [6.45, 7) is 1.37. The third-order valence-corrected chi connectivity index (χ3v) is 2.41. The van der Waals surface area contributed by atoms with Crippen LogP contribution in [0.25, 0.3) is 0 Å². The molecule has 0 atom stereocenters. The van der Waals surface area contributed by atoms with E-state index in [1.807, 2.05) is 5.43 Å². The van der Waals surface area contributed by atoms with Crippen LogP contribution in [0, 0.1) is 11.6 Å². The van der Waals surface area contributed by atoms with Crippen LogP contribution in [-0.2, 0) is 9.47 Å². The van der Waals surface area contributed by atoms with Crippen molar-refractivity contribution in [1.82, 2.24) is 5.32 Å². The molecule has 0 bridgehead atoms. The van der Waals surface area contributed by atoms with Gasteiger partial charge in [0.25, 0.3) is 5.91 Å². The van der Waals surface area contributed by atoms with Crippen molar-refractivity contribution in [1.29, 1.82) is 0 Å². The third-order valence-electron chi connectivity index (χ3n) is 2.41. The lowest BCUT2D eigenvalue weighted by atomic mass is 10.1.